The lowest BCUT2D eigenvalue weighted by Gasteiger charge is -2.29. The van der Waals surface area contributed by atoms with Gasteiger partial charge in [-0.1, -0.05) is 13.0 Å². The number of fused-ring (bicyclic) bond motifs is 1. The van der Waals surface area contributed by atoms with Gasteiger partial charge in [0.25, 0.3) is 0 Å². The zero-order chi connectivity index (χ0) is 22.3. The number of carbonyl (C=O) groups is 1. The van der Waals surface area contributed by atoms with Gasteiger partial charge in [-0.2, -0.15) is 18.3 Å². The molecule has 168 valence electrons. The first-order chi connectivity index (χ1) is 14.7. The first-order valence-corrected chi connectivity index (χ1v) is 10.2. The van der Waals surface area contributed by atoms with Gasteiger partial charge in [0.05, 0.1) is 23.5 Å². The molecule has 1 saturated heterocycles. The minimum absolute atomic E-state index is 0.0634. The van der Waals surface area contributed by atoms with E-state index in [9.17, 15) is 27.5 Å². The van der Waals surface area contributed by atoms with Crippen LogP contribution in [-0.4, -0.2) is 39.0 Å². The first-order valence-electron chi connectivity index (χ1n) is 10.2. The number of alkyl halides is 3. The molecule has 1 aromatic heterocycles. The molecule has 10 heteroatoms. The van der Waals surface area contributed by atoms with Gasteiger partial charge in [-0.15, -0.1) is 0 Å². The van der Waals surface area contributed by atoms with Crippen LogP contribution < -0.4 is 0 Å². The van der Waals surface area contributed by atoms with Crippen molar-refractivity contribution in [3.63, 3.8) is 0 Å². The fourth-order valence-corrected chi connectivity index (χ4v) is 4.43. The van der Waals surface area contributed by atoms with Crippen LogP contribution in [0.2, 0.25) is 0 Å². The van der Waals surface area contributed by atoms with E-state index in [1.54, 1.807) is 11.6 Å². The third-order valence-electron chi connectivity index (χ3n) is 6.02. The molecule has 1 fully saturated rings. The number of carboxylic acid groups (broad SMARTS) is 1. The van der Waals surface area contributed by atoms with Gasteiger partial charge < -0.3 is 14.7 Å². The normalized spacial score (nSPS) is 20.4. The van der Waals surface area contributed by atoms with Crippen molar-refractivity contribution in [1.82, 2.24) is 14.7 Å². The lowest BCUT2D eigenvalue weighted by molar-refractivity contribution is -0.138. The second kappa shape index (κ2) is 8.14. The van der Waals surface area contributed by atoms with Crippen LogP contribution in [0.3, 0.4) is 0 Å². The molecule has 1 amide bonds. The Morgan fingerprint density at radius 1 is 1.32 bits per heavy atom. The molecular weight excluding hydrogens is 418 g/mol. The summed E-state index contributed by atoms with van der Waals surface area (Å²) in [7, 11) is 0. The third kappa shape index (κ3) is 4.13. The number of hydrogen-bond donors (Lipinski definition) is 1. The molecule has 0 radical (unpaired) electrons. The van der Waals surface area contributed by atoms with Crippen LogP contribution in [0.4, 0.5) is 22.4 Å². The molecule has 31 heavy (non-hydrogen) atoms. The molecule has 0 bridgehead atoms. The van der Waals surface area contributed by atoms with Crippen molar-refractivity contribution in [3.05, 3.63) is 52.1 Å². The van der Waals surface area contributed by atoms with Crippen molar-refractivity contribution < 1.29 is 32.2 Å². The molecule has 6 nitrogen and oxygen atoms in total. The number of ether oxygens (including phenoxy) is 1. The lowest BCUT2D eigenvalue weighted by Crippen LogP contribution is -2.36. The summed E-state index contributed by atoms with van der Waals surface area (Å²) in [5.74, 6) is -1.71. The van der Waals surface area contributed by atoms with E-state index in [4.69, 9.17) is 4.74 Å². The fraction of sp³-hybridized carbons (Fsp3) is 0.524. The van der Waals surface area contributed by atoms with E-state index < -0.39 is 29.6 Å². The number of halogens is 4. The molecule has 0 saturated carbocycles. The molecule has 2 aliphatic rings. The molecule has 2 aromatic rings. The summed E-state index contributed by atoms with van der Waals surface area (Å²) in [6.45, 7) is 2.48. The summed E-state index contributed by atoms with van der Waals surface area (Å²) in [5, 5.41) is 14.1. The van der Waals surface area contributed by atoms with Crippen LogP contribution in [0.5, 0.6) is 0 Å². The Kier molecular flexibility index (Phi) is 5.67. The molecule has 0 spiro atoms. The van der Waals surface area contributed by atoms with E-state index in [1.807, 2.05) is 0 Å². The number of rotatable bonds is 3. The molecule has 2 unspecified atom stereocenters. The number of hydrogen-bond acceptors (Lipinski definition) is 3. The monoisotopic (exact) mass is 441 g/mol. The number of amides is 1. The Labute approximate surface area is 176 Å². The standard InChI is InChI=1S/C21H23F4N3O3/c1-12(14-6-5-13(22)10-16(14)21(23,24)25)19-15-7-8-27(20(29)30)11-17(15)28(26-19)18-4-2-3-9-31-18/h5-6,10,12,18H,2-4,7-9,11H2,1H3,(H,29,30). The largest absolute Gasteiger partial charge is 0.465 e. The highest BCUT2D eigenvalue weighted by Crippen LogP contribution is 2.40. The van der Waals surface area contributed by atoms with Gasteiger partial charge in [0.2, 0.25) is 0 Å². The van der Waals surface area contributed by atoms with E-state index in [0.717, 1.165) is 30.5 Å². The van der Waals surface area contributed by atoms with Gasteiger partial charge >= 0.3 is 12.3 Å². The molecule has 2 atom stereocenters. The van der Waals surface area contributed by atoms with Gasteiger partial charge in [0, 0.05) is 24.6 Å². The highest BCUT2D eigenvalue weighted by molar-refractivity contribution is 5.65. The van der Waals surface area contributed by atoms with Gasteiger partial charge in [0.15, 0.2) is 6.23 Å². The molecule has 1 aromatic carbocycles. The molecule has 4 rings (SSSR count). The van der Waals surface area contributed by atoms with E-state index in [1.165, 1.54) is 4.90 Å². The summed E-state index contributed by atoms with van der Waals surface area (Å²) in [4.78, 5) is 12.8. The Balaban J connectivity index is 1.80. The predicted octanol–water partition coefficient (Wildman–Crippen LogP) is 4.93. The second-order valence-corrected chi connectivity index (χ2v) is 7.98. The fourth-order valence-electron chi connectivity index (χ4n) is 4.43. The summed E-state index contributed by atoms with van der Waals surface area (Å²) >= 11 is 0. The maximum atomic E-state index is 13.6. The number of benzene rings is 1. The van der Waals surface area contributed by atoms with E-state index >= 15 is 0 Å². The van der Waals surface area contributed by atoms with Gasteiger partial charge in [-0.05, 0) is 43.4 Å². The first kappa shape index (κ1) is 21.6. The average Bonchev–Trinajstić information content (AvgIpc) is 3.12. The maximum Gasteiger partial charge on any atom is 0.416 e. The lowest BCUT2D eigenvalue weighted by atomic mass is 9.89. The SMILES string of the molecule is CC(c1ccc(F)cc1C(F)(F)F)c1nn(C2CCCCO2)c2c1CCN(C(=O)O)C2. The van der Waals surface area contributed by atoms with Crippen LogP contribution in [0.15, 0.2) is 18.2 Å². The van der Waals surface area contributed by atoms with Gasteiger partial charge in [-0.3, -0.25) is 0 Å². The predicted molar refractivity (Wildman–Crippen MR) is 102 cm³/mol. The Hall–Kier alpha value is -2.62. The Morgan fingerprint density at radius 3 is 2.74 bits per heavy atom. The van der Waals surface area contributed by atoms with Crippen molar-refractivity contribution in [3.8, 4) is 0 Å². The second-order valence-electron chi connectivity index (χ2n) is 7.98. The number of nitrogens with zero attached hydrogens (tertiary/aromatic N) is 3. The zero-order valence-electron chi connectivity index (χ0n) is 17.0. The van der Waals surface area contributed by atoms with Crippen LogP contribution in [-0.2, 0) is 23.9 Å². The summed E-state index contributed by atoms with van der Waals surface area (Å²) in [6.07, 6.45) is -3.28. The molecule has 3 heterocycles. The molecule has 2 aliphatic heterocycles. The van der Waals surface area contributed by atoms with Crippen LogP contribution >= 0.6 is 0 Å². The van der Waals surface area contributed by atoms with E-state index in [2.05, 4.69) is 5.10 Å². The Bertz CT molecular complexity index is 983. The maximum absolute atomic E-state index is 13.6. The quantitative estimate of drug-likeness (QED) is 0.686. The highest BCUT2D eigenvalue weighted by Gasteiger charge is 2.38. The average molecular weight is 441 g/mol. The summed E-state index contributed by atoms with van der Waals surface area (Å²) in [5.41, 5.74) is 0.757. The third-order valence-corrected chi connectivity index (χ3v) is 6.02. The van der Waals surface area contributed by atoms with Crippen molar-refractivity contribution in [1.29, 1.82) is 0 Å². The van der Waals surface area contributed by atoms with Crippen molar-refractivity contribution in [2.45, 2.75) is 57.5 Å². The Morgan fingerprint density at radius 2 is 2.10 bits per heavy atom. The summed E-state index contributed by atoms with van der Waals surface area (Å²) in [6, 6.07) is 2.67. The minimum atomic E-state index is -4.71. The van der Waals surface area contributed by atoms with E-state index in [0.29, 0.717) is 36.9 Å². The van der Waals surface area contributed by atoms with Crippen LogP contribution in [0.1, 0.15) is 66.4 Å². The smallest absolute Gasteiger partial charge is 0.416 e. The number of aromatic nitrogens is 2. The highest BCUT2D eigenvalue weighted by atomic mass is 19.4. The van der Waals surface area contributed by atoms with Gasteiger partial charge in [0.1, 0.15) is 5.82 Å². The van der Waals surface area contributed by atoms with Crippen molar-refractivity contribution >= 4 is 6.09 Å². The van der Waals surface area contributed by atoms with Gasteiger partial charge in [-0.25, -0.2) is 13.9 Å². The molecule has 1 N–H and O–H groups in total. The van der Waals surface area contributed by atoms with Crippen molar-refractivity contribution in [2.75, 3.05) is 13.2 Å². The topological polar surface area (TPSA) is 67.6 Å². The van der Waals surface area contributed by atoms with Crippen LogP contribution in [0, 0.1) is 5.82 Å². The van der Waals surface area contributed by atoms with Crippen LogP contribution in [0.25, 0.3) is 0 Å². The minimum Gasteiger partial charge on any atom is -0.465 e. The summed E-state index contributed by atoms with van der Waals surface area (Å²) < 4.78 is 61.8. The molecular formula is C21H23F4N3O3. The molecule has 0 aliphatic carbocycles. The van der Waals surface area contributed by atoms with Crippen molar-refractivity contribution in [2.24, 2.45) is 0 Å². The van der Waals surface area contributed by atoms with E-state index in [-0.39, 0.29) is 24.9 Å². The zero-order valence-corrected chi connectivity index (χ0v) is 17.0.